The molecule has 4 heterocycles. The average Bonchev–Trinajstić information content (AvgIpc) is 3.56. The van der Waals surface area contributed by atoms with Gasteiger partial charge in [-0.05, 0) is 98.7 Å². The minimum Gasteiger partial charge on any atom is -0.394 e. The molecule has 290 valence electrons. The van der Waals surface area contributed by atoms with Crippen LogP contribution in [0.15, 0.2) is 11.6 Å². The summed E-state index contributed by atoms with van der Waals surface area (Å²) >= 11 is 0. The van der Waals surface area contributed by atoms with Crippen molar-refractivity contribution in [1.29, 1.82) is 0 Å². The zero-order chi connectivity index (χ0) is 36.2. The zero-order valence-corrected chi connectivity index (χ0v) is 30.9. The fourth-order valence-electron chi connectivity index (χ4n) is 12.6. The van der Waals surface area contributed by atoms with E-state index in [0.29, 0.717) is 35.5 Å². The smallest absolute Gasteiger partial charge is 0.187 e. The van der Waals surface area contributed by atoms with E-state index in [1.165, 1.54) is 31.8 Å². The first-order valence-corrected chi connectivity index (χ1v) is 19.8. The predicted octanol–water partition coefficient (Wildman–Crippen LogP) is 2.39. The average molecular weight is 723 g/mol. The van der Waals surface area contributed by atoms with Crippen molar-refractivity contribution in [2.24, 2.45) is 46.3 Å². The fraction of sp³-hybridized carbons (Fsp3) is 0.949. The summed E-state index contributed by atoms with van der Waals surface area (Å²) in [6, 6.07) is 0. The second-order valence-corrected chi connectivity index (χ2v) is 18.3. The molecule has 1 spiro atoms. The lowest BCUT2D eigenvalue weighted by molar-refractivity contribution is -0.360. The number of ether oxygens (including phenoxy) is 6. The Morgan fingerprint density at radius 3 is 2.29 bits per heavy atom. The highest BCUT2D eigenvalue weighted by Crippen LogP contribution is 2.70. The number of rotatable bonds is 5. The number of hydrogen-bond donors (Lipinski definition) is 6. The maximum absolute atomic E-state index is 11.1. The van der Waals surface area contributed by atoms with Crippen molar-refractivity contribution in [2.45, 2.75) is 172 Å². The Morgan fingerprint density at radius 1 is 0.824 bits per heavy atom. The minimum absolute atomic E-state index is 0.0757. The molecule has 4 saturated heterocycles. The van der Waals surface area contributed by atoms with Crippen LogP contribution in [0.1, 0.15) is 92.4 Å². The number of fused-ring (bicyclic) bond motifs is 7. The van der Waals surface area contributed by atoms with Crippen molar-refractivity contribution in [3.63, 3.8) is 0 Å². The largest absolute Gasteiger partial charge is 0.394 e. The van der Waals surface area contributed by atoms with E-state index in [1.54, 1.807) is 0 Å². The summed E-state index contributed by atoms with van der Waals surface area (Å²) in [5.74, 6) is 2.99. The molecule has 12 heteroatoms. The summed E-state index contributed by atoms with van der Waals surface area (Å²) in [4.78, 5) is 0. The summed E-state index contributed by atoms with van der Waals surface area (Å²) in [7, 11) is 0. The van der Waals surface area contributed by atoms with Gasteiger partial charge in [0.05, 0.1) is 31.5 Å². The molecule has 8 rings (SSSR count). The van der Waals surface area contributed by atoms with Crippen molar-refractivity contribution in [1.82, 2.24) is 0 Å². The van der Waals surface area contributed by atoms with E-state index in [1.807, 2.05) is 0 Å². The number of hydrogen-bond acceptors (Lipinski definition) is 12. The Bertz CT molecular complexity index is 1300. The van der Waals surface area contributed by atoms with E-state index in [4.69, 9.17) is 28.4 Å². The molecule has 0 aromatic heterocycles. The third-order valence-electron chi connectivity index (χ3n) is 15.6. The van der Waals surface area contributed by atoms with Crippen molar-refractivity contribution in [3.8, 4) is 0 Å². The van der Waals surface area contributed by atoms with Crippen LogP contribution in [0.4, 0.5) is 0 Å². The van der Waals surface area contributed by atoms with E-state index < -0.39 is 73.8 Å². The molecule has 4 aliphatic heterocycles. The molecule has 8 aliphatic rings. The Labute approximate surface area is 301 Å². The van der Waals surface area contributed by atoms with E-state index in [2.05, 4.69) is 33.8 Å². The van der Waals surface area contributed by atoms with Gasteiger partial charge in [-0.15, -0.1) is 0 Å². The van der Waals surface area contributed by atoms with Gasteiger partial charge in [-0.3, -0.25) is 0 Å². The Kier molecular flexibility index (Phi) is 9.83. The lowest BCUT2D eigenvalue weighted by Gasteiger charge is -2.58. The number of aliphatic hydroxyl groups is 6. The van der Waals surface area contributed by atoms with E-state index in [0.717, 1.165) is 45.1 Å². The molecule has 4 aliphatic carbocycles. The molecule has 0 bridgehead atoms. The Hall–Kier alpha value is -0.740. The molecule has 6 N–H and O–H groups in total. The summed E-state index contributed by atoms with van der Waals surface area (Å²) in [6.07, 6.45) is -1.53. The van der Waals surface area contributed by atoms with Gasteiger partial charge in [-0.1, -0.05) is 39.3 Å². The van der Waals surface area contributed by atoms with Gasteiger partial charge in [0, 0.05) is 12.3 Å². The molecule has 51 heavy (non-hydrogen) atoms. The number of aliphatic hydroxyl groups excluding tert-OH is 6. The SMILES string of the molecule is C[C@@H]1CC[C@@]2(OC1)O[C@H]1C[C@@H]3[C@H]4CC=C5C[C@@H](O[C@@H]6O[C@H](CO)[C@@H](O[C@@H]7O[C@@H](C)[C@H](O)[C@@H](O)[C@H]7O)[C@H](O)[C@H]6O)CC[C@]5(C)[C@H]4CC[C@]3(C)[C@H]1[C@@H]2C. The van der Waals surface area contributed by atoms with E-state index in [9.17, 15) is 30.6 Å². The highest BCUT2D eigenvalue weighted by Gasteiger charge is 2.68. The lowest BCUT2D eigenvalue weighted by atomic mass is 9.47. The van der Waals surface area contributed by atoms with Gasteiger partial charge in [0.25, 0.3) is 0 Å². The van der Waals surface area contributed by atoms with Crippen LogP contribution in [0.25, 0.3) is 0 Å². The monoisotopic (exact) mass is 722 g/mol. The van der Waals surface area contributed by atoms with Gasteiger partial charge in [-0.2, -0.15) is 0 Å². The quantitative estimate of drug-likeness (QED) is 0.229. The van der Waals surface area contributed by atoms with Crippen LogP contribution in [0.5, 0.6) is 0 Å². The molecule has 0 aromatic carbocycles. The van der Waals surface area contributed by atoms with E-state index >= 15 is 0 Å². The van der Waals surface area contributed by atoms with Crippen LogP contribution >= 0.6 is 0 Å². The van der Waals surface area contributed by atoms with Crippen molar-refractivity contribution in [2.75, 3.05) is 13.2 Å². The van der Waals surface area contributed by atoms with Crippen LogP contribution in [0, 0.1) is 46.3 Å². The van der Waals surface area contributed by atoms with Crippen molar-refractivity contribution in [3.05, 3.63) is 11.6 Å². The second kappa shape index (κ2) is 13.5. The van der Waals surface area contributed by atoms with Gasteiger partial charge in [0.2, 0.25) is 0 Å². The maximum atomic E-state index is 11.1. The zero-order valence-electron chi connectivity index (χ0n) is 30.9. The van der Waals surface area contributed by atoms with Gasteiger partial charge in [0.15, 0.2) is 18.4 Å². The summed E-state index contributed by atoms with van der Waals surface area (Å²) < 4.78 is 37.1. The first kappa shape index (κ1) is 37.2. The summed E-state index contributed by atoms with van der Waals surface area (Å²) in [5, 5.41) is 63.1. The second-order valence-electron chi connectivity index (χ2n) is 18.3. The maximum Gasteiger partial charge on any atom is 0.187 e. The molecule has 0 radical (unpaired) electrons. The third kappa shape index (κ3) is 5.84. The molecular formula is C39H62O12. The molecular weight excluding hydrogens is 660 g/mol. The predicted molar refractivity (Wildman–Crippen MR) is 182 cm³/mol. The number of allylic oxidation sites excluding steroid dienone is 1. The van der Waals surface area contributed by atoms with Crippen LogP contribution < -0.4 is 0 Å². The molecule has 0 aromatic rings. The van der Waals surface area contributed by atoms with Gasteiger partial charge >= 0.3 is 0 Å². The van der Waals surface area contributed by atoms with E-state index in [-0.39, 0.29) is 23.0 Å². The molecule has 7 fully saturated rings. The van der Waals surface area contributed by atoms with Crippen molar-refractivity contribution >= 4 is 0 Å². The van der Waals surface area contributed by atoms with Crippen LogP contribution in [0.3, 0.4) is 0 Å². The molecule has 0 unspecified atom stereocenters. The highest BCUT2D eigenvalue weighted by atomic mass is 16.7. The highest BCUT2D eigenvalue weighted by molar-refractivity contribution is 5.26. The molecule has 3 saturated carbocycles. The normalized spacial score (nSPS) is 58.4. The van der Waals surface area contributed by atoms with Gasteiger partial charge in [-0.25, -0.2) is 0 Å². The lowest BCUT2D eigenvalue weighted by Crippen LogP contribution is -2.64. The van der Waals surface area contributed by atoms with Crippen LogP contribution in [-0.2, 0) is 28.4 Å². The fourth-order valence-corrected chi connectivity index (χ4v) is 12.6. The summed E-state index contributed by atoms with van der Waals surface area (Å²) in [5.41, 5.74) is 1.75. The summed E-state index contributed by atoms with van der Waals surface area (Å²) in [6.45, 7) is 11.5. The van der Waals surface area contributed by atoms with Gasteiger partial charge in [0.1, 0.15) is 42.7 Å². The van der Waals surface area contributed by atoms with Gasteiger partial charge < -0.3 is 59.1 Å². The molecule has 21 atom stereocenters. The molecule has 12 nitrogen and oxygen atoms in total. The first-order chi connectivity index (χ1) is 24.2. The van der Waals surface area contributed by atoms with Crippen LogP contribution in [0.2, 0.25) is 0 Å². The Morgan fingerprint density at radius 2 is 1.57 bits per heavy atom. The topological polar surface area (TPSA) is 177 Å². The first-order valence-electron chi connectivity index (χ1n) is 19.8. The standard InChI is InChI=1S/C39H62O12/c1-18-8-13-39(46-17-18)19(2)28-26(51-39)15-25-23-7-6-21-14-22(9-11-37(21,4)24(23)10-12-38(25,28)5)48-36-33(45)31(43)34(27(16-40)49-36)50-35-32(44)30(42)29(41)20(3)47-35/h6,18-20,22-36,40-45H,7-17H2,1-5H3/t18-,19+,20+,22+,23+,24+,25-,26+,27-,28+,29+,30-,31-,32-,33-,34-,35+,36-,37+,38+,39-/m1/s1. The third-order valence-corrected chi connectivity index (χ3v) is 15.6. The Balaban J connectivity index is 0.915. The molecule has 0 amide bonds. The van der Waals surface area contributed by atoms with Crippen LogP contribution in [-0.4, -0.2) is 123 Å². The minimum atomic E-state index is -1.61. The van der Waals surface area contributed by atoms with Crippen molar-refractivity contribution < 1.29 is 59.1 Å².